The lowest BCUT2D eigenvalue weighted by atomic mass is 9.80. The number of hydrogen-bond donors (Lipinski definition) is 1. The molecule has 0 aromatic heterocycles. The van der Waals surface area contributed by atoms with Crippen molar-refractivity contribution in [3.63, 3.8) is 0 Å². The van der Waals surface area contributed by atoms with E-state index in [0.29, 0.717) is 17.3 Å². The molecule has 2 heterocycles. The maximum atomic E-state index is 13.9. The summed E-state index contributed by atoms with van der Waals surface area (Å²) in [6.45, 7) is 3.63. The normalized spacial score (nSPS) is 21.3. The highest BCUT2D eigenvalue weighted by Crippen LogP contribution is 2.46. The van der Waals surface area contributed by atoms with Crippen molar-refractivity contribution in [2.24, 2.45) is 5.92 Å². The molecule has 3 amide bonds. The topological polar surface area (TPSA) is 93.5 Å². The van der Waals surface area contributed by atoms with Gasteiger partial charge in [0.15, 0.2) is 0 Å². The third-order valence-corrected chi connectivity index (χ3v) is 7.53. The molecule has 0 bridgehead atoms. The molecule has 38 heavy (non-hydrogen) atoms. The lowest BCUT2D eigenvalue weighted by molar-refractivity contribution is -0.138. The van der Waals surface area contributed by atoms with Gasteiger partial charge in [-0.15, -0.1) is 0 Å². The molecular formula is C27H26ClF3N4O3. The molecule has 1 fully saturated rings. The van der Waals surface area contributed by atoms with Crippen LogP contribution in [0.2, 0.25) is 5.02 Å². The fourth-order valence-corrected chi connectivity index (χ4v) is 5.49. The summed E-state index contributed by atoms with van der Waals surface area (Å²) in [5, 5.41) is 12.2. The molecule has 0 aliphatic carbocycles. The number of alkyl halides is 3. The standard InChI is InChI=1S/C27H26ClF3N4O3/c1-15(2)10-22(34(3)23(36)16-8-9-20(28)19(11-16)27(29,30)31)24(37)35-14-26(12-17(35)13-32)18-6-4-5-7-21(18)33-25(26)38/h4-9,11,15,17,22H,10,12,14H2,1-3H3,(H,33,38)/t17-,22-,26-/m0/s1. The van der Waals surface area contributed by atoms with E-state index in [1.165, 1.54) is 18.0 Å². The van der Waals surface area contributed by atoms with Gasteiger partial charge in [0.25, 0.3) is 5.91 Å². The first-order chi connectivity index (χ1) is 17.8. The van der Waals surface area contributed by atoms with Crippen LogP contribution in [0.3, 0.4) is 0 Å². The van der Waals surface area contributed by atoms with Crippen molar-refractivity contribution >= 4 is 35.0 Å². The van der Waals surface area contributed by atoms with Crippen LogP contribution in [0.5, 0.6) is 0 Å². The molecule has 2 aromatic rings. The minimum absolute atomic E-state index is 0.0529. The third-order valence-electron chi connectivity index (χ3n) is 7.20. The van der Waals surface area contributed by atoms with Gasteiger partial charge in [0, 0.05) is 31.3 Å². The summed E-state index contributed by atoms with van der Waals surface area (Å²) in [6.07, 6.45) is -4.47. The number of para-hydroxylation sites is 1. The van der Waals surface area contributed by atoms with Crippen LogP contribution in [0, 0.1) is 17.2 Å². The van der Waals surface area contributed by atoms with Gasteiger partial charge in [0.2, 0.25) is 11.8 Å². The van der Waals surface area contributed by atoms with Crippen molar-refractivity contribution in [2.45, 2.75) is 50.4 Å². The number of likely N-dealkylation sites (N-methyl/N-ethyl adjacent to an activating group) is 1. The molecule has 0 unspecified atom stereocenters. The number of carbonyl (C=O) groups excluding carboxylic acids is 3. The maximum Gasteiger partial charge on any atom is 0.417 e. The number of rotatable bonds is 5. The van der Waals surface area contributed by atoms with Crippen molar-refractivity contribution in [3.05, 3.63) is 64.2 Å². The Hall–Kier alpha value is -3.58. The molecule has 1 spiro atoms. The van der Waals surface area contributed by atoms with E-state index < -0.39 is 46.1 Å². The molecule has 11 heteroatoms. The van der Waals surface area contributed by atoms with Crippen LogP contribution in [0.4, 0.5) is 18.9 Å². The summed E-state index contributed by atoms with van der Waals surface area (Å²) < 4.78 is 40.2. The van der Waals surface area contributed by atoms with Crippen molar-refractivity contribution in [1.82, 2.24) is 9.80 Å². The quantitative estimate of drug-likeness (QED) is 0.579. The lowest BCUT2D eigenvalue weighted by Gasteiger charge is -2.33. The molecule has 2 aromatic carbocycles. The Balaban J connectivity index is 1.66. The minimum Gasteiger partial charge on any atom is -0.330 e. The van der Waals surface area contributed by atoms with Crippen LogP contribution in [0.15, 0.2) is 42.5 Å². The molecular weight excluding hydrogens is 521 g/mol. The largest absolute Gasteiger partial charge is 0.417 e. The van der Waals surface area contributed by atoms with Crippen LogP contribution in [-0.4, -0.2) is 53.2 Å². The first kappa shape index (κ1) is 27.5. The molecule has 2 aliphatic heterocycles. The Bertz CT molecular complexity index is 1340. The number of nitrogens with zero attached hydrogens (tertiary/aromatic N) is 3. The van der Waals surface area contributed by atoms with E-state index in [9.17, 15) is 32.8 Å². The zero-order valence-corrected chi connectivity index (χ0v) is 21.7. The van der Waals surface area contributed by atoms with Gasteiger partial charge in [-0.3, -0.25) is 14.4 Å². The van der Waals surface area contributed by atoms with E-state index in [-0.39, 0.29) is 36.8 Å². The number of amides is 3. The van der Waals surface area contributed by atoms with Gasteiger partial charge < -0.3 is 15.1 Å². The van der Waals surface area contributed by atoms with Crippen LogP contribution in [0.1, 0.15) is 48.2 Å². The van der Waals surface area contributed by atoms with Gasteiger partial charge in [-0.25, -0.2) is 0 Å². The van der Waals surface area contributed by atoms with Gasteiger partial charge in [-0.2, -0.15) is 18.4 Å². The number of nitriles is 1. The highest BCUT2D eigenvalue weighted by molar-refractivity contribution is 6.31. The van der Waals surface area contributed by atoms with Crippen LogP contribution >= 0.6 is 11.6 Å². The third kappa shape index (κ3) is 4.71. The zero-order chi connectivity index (χ0) is 28.0. The summed E-state index contributed by atoms with van der Waals surface area (Å²) in [5.41, 5.74) is -1.20. The highest BCUT2D eigenvalue weighted by atomic mass is 35.5. The summed E-state index contributed by atoms with van der Waals surface area (Å²) >= 11 is 5.70. The summed E-state index contributed by atoms with van der Waals surface area (Å²) in [5.74, 6) is -1.71. The number of hydrogen-bond acceptors (Lipinski definition) is 4. The Morgan fingerprint density at radius 1 is 1.26 bits per heavy atom. The smallest absolute Gasteiger partial charge is 0.330 e. The highest BCUT2D eigenvalue weighted by Gasteiger charge is 2.56. The Morgan fingerprint density at radius 3 is 2.58 bits per heavy atom. The van der Waals surface area contributed by atoms with E-state index >= 15 is 0 Å². The maximum absolute atomic E-state index is 13.9. The first-order valence-corrected chi connectivity index (χ1v) is 12.4. The molecule has 0 radical (unpaired) electrons. The van der Waals surface area contributed by atoms with Gasteiger partial charge >= 0.3 is 6.18 Å². The second-order valence-corrected chi connectivity index (χ2v) is 10.6. The zero-order valence-electron chi connectivity index (χ0n) is 21.0. The van der Waals surface area contributed by atoms with Gasteiger partial charge in [0.1, 0.15) is 12.1 Å². The van der Waals surface area contributed by atoms with Crippen molar-refractivity contribution in [3.8, 4) is 6.07 Å². The molecule has 0 saturated carbocycles. The van der Waals surface area contributed by atoms with Gasteiger partial charge in [-0.05, 0) is 42.2 Å². The number of halogens is 4. The van der Waals surface area contributed by atoms with E-state index in [1.807, 2.05) is 13.8 Å². The van der Waals surface area contributed by atoms with E-state index in [1.54, 1.807) is 24.3 Å². The monoisotopic (exact) mass is 546 g/mol. The van der Waals surface area contributed by atoms with Crippen LogP contribution < -0.4 is 5.32 Å². The second kappa shape index (κ2) is 9.95. The van der Waals surface area contributed by atoms with E-state index in [2.05, 4.69) is 11.4 Å². The average molecular weight is 547 g/mol. The molecule has 3 atom stereocenters. The van der Waals surface area contributed by atoms with E-state index in [4.69, 9.17) is 11.6 Å². The van der Waals surface area contributed by atoms with Crippen molar-refractivity contribution < 1.29 is 27.6 Å². The molecule has 4 rings (SSSR count). The summed E-state index contributed by atoms with van der Waals surface area (Å²) in [7, 11) is 1.35. The molecule has 1 N–H and O–H groups in total. The number of likely N-dealkylation sites (tertiary alicyclic amines) is 1. The predicted molar refractivity (Wildman–Crippen MR) is 134 cm³/mol. The minimum atomic E-state index is -4.76. The number of fused-ring (bicyclic) bond motifs is 2. The Kier molecular flexibility index (Phi) is 7.19. The van der Waals surface area contributed by atoms with Crippen molar-refractivity contribution in [1.29, 1.82) is 5.26 Å². The summed E-state index contributed by atoms with van der Waals surface area (Å²) in [6, 6.07) is 10.1. The van der Waals surface area contributed by atoms with Gasteiger partial charge in [0.05, 0.1) is 22.1 Å². The van der Waals surface area contributed by atoms with Gasteiger partial charge in [-0.1, -0.05) is 43.6 Å². The number of nitrogens with one attached hydrogen (secondary N) is 1. The molecule has 2 aliphatic rings. The van der Waals surface area contributed by atoms with E-state index in [0.717, 1.165) is 11.0 Å². The molecule has 200 valence electrons. The average Bonchev–Trinajstić information content (AvgIpc) is 3.39. The number of anilines is 1. The van der Waals surface area contributed by atoms with Crippen LogP contribution in [-0.2, 0) is 21.2 Å². The predicted octanol–water partition coefficient (Wildman–Crippen LogP) is 4.86. The first-order valence-electron chi connectivity index (χ1n) is 12.0. The van der Waals surface area contributed by atoms with Crippen molar-refractivity contribution in [2.75, 3.05) is 18.9 Å². The lowest BCUT2D eigenvalue weighted by Crippen LogP contribution is -2.52. The molecule has 1 saturated heterocycles. The molecule has 7 nitrogen and oxygen atoms in total. The number of benzene rings is 2. The second-order valence-electron chi connectivity index (χ2n) is 10.2. The fourth-order valence-electron chi connectivity index (χ4n) is 5.27. The fraction of sp³-hybridized carbons (Fsp3) is 0.407. The number of carbonyl (C=O) groups is 3. The summed E-state index contributed by atoms with van der Waals surface area (Å²) in [4.78, 5) is 42.7. The SMILES string of the molecule is CC(C)C[C@@H](C(=O)N1C[C@]2(C[C@H]1C#N)C(=O)Nc1ccccc12)N(C)C(=O)c1ccc(Cl)c(C(F)(F)F)c1. The Labute approximate surface area is 223 Å². The van der Waals surface area contributed by atoms with Crippen LogP contribution in [0.25, 0.3) is 0 Å². The Morgan fingerprint density at radius 2 is 1.95 bits per heavy atom.